The van der Waals surface area contributed by atoms with Crippen molar-refractivity contribution in [3.8, 4) is 5.75 Å². The summed E-state index contributed by atoms with van der Waals surface area (Å²) in [6.45, 7) is 0. The third-order valence-electron chi connectivity index (χ3n) is 3.60. The minimum absolute atomic E-state index is 0.0463. The Kier molecular flexibility index (Phi) is 3.16. The Morgan fingerprint density at radius 3 is 2.75 bits per heavy atom. The third-order valence-corrected chi connectivity index (χ3v) is 3.60. The molecule has 4 heteroatoms. The van der Waals surface area contributed by atoms with E-state index in [4.69, 9.17) is 0 Å². The molecule has 3 rings (SSSR count). The smallest absolute Gasteiger partial charge is 0.251 e. The van der Waals surface area contributed by atoms with E-state index < -0.39 is 12.1 Å². The molecule has 1 amide bonds. The Bertz CT molecular complexity index is 654. The molecule has 2 atom stereocenters. The zero-order valence-corrected chi connectivity index (χ0v) is 10.8. The van der Waals surface area contributed by atoms with Crippen molar-refractivity contribution >= 4 is 5.91 Å². The van der Waals surface area contributed by atoms with Gasteiger partial charge in [0, 0.05) is 12.0 Å². The first-order chi connectivity index (χ1) is 9.65. The molecule has 0 aromatic heterocycles. The summed E-state index contributed by atoms with van der Waals surface area (Å²) in [4.78, 5) is 12.2. The number of fused-ring (bicyclic) bond motifs is 1. The maximum Gasteiger partial charge on any atom is 0.251 e. The number of carbonyl (C=O) groups excluding carboxylic acids is 1. The number of aliphatic hydroxyl groups excluding tert-OH is 1. The Morgan fingerprint density at radius 1 is 1.15 bits per heavy atom. The number of rotatable bonds is 2. The van der Waals surface area contributed by atoms with Gasteiger partial charge in [-0.15, -0.1) is 0 Å². The highest BCUT2D eigenvalue weighted by Gasteiger charge is 2.31. The van der Waals surface area contributed by atoms with Crippen molar-refractivity contribution in [2.24, 2.45) is 0 Å². The van der Waals surface area contributed by atoms with Gasteiger partial charge in [0.05, 0.1) is 12.1 Å². The Labute approximate surface area is 116 Å². The molecule has 0 unspecified atom stereocenters. The summed E-state index contributed by atoms with van der Waals surface area (Å²) >= 11 is 0. The molecule has 0 spiro atoms. The van der Waals surface area contributed by atoms with Crippen molar-refractivity contribution in [3.05, 3.63) is 65.2 Å². The van der Waals surface area contributed by atoms with E-state index in [1.54, 1.807) is 12.1 Å². The van der Waals surface area contributed by atoms with Gasteiger partial charge in [0.15, 0.2) is 0 Å². The standard InChI is InChI=1S/C16H15NO3/c18-12-6-3-5-11(8-12)16(20)17-15-13-7-2-1-4-10(13)9-14(15)19/h1-8,14-15,18-19H,9H2,(H,17,20)/t14-,15+/m1/s1. The molecule has 0 aliphatic heterocycles. The fraction of sp³-hybridized carbons (Fsp3) is 0.188. The van der Waals surface area contributed by atoms with E-state index in [-0.39, 0.29) is 11.7 Å². The lowest BCUT2D eigenvalue weighted by Crippen LogP contribution is -2.33. The predicted molar refractivity (Wildman–Crippen MR) is 74.5 cm³/mol. The molecule has 1 aliphatic carbocycles. The molecule has 2 aromatic rings. The van der Waals surface area contributed by atoms with Crippen LogP contribution in [0.3, 0.4) is 0 Å². The van der Waals surface area contributed by atoms with Crippen LogP contribution in [0.2, 0.25) is 0 Å². The van der Waals surface area contributed by atoms with E-state index in [1.165, 1.54) is 12.1 Å². The number of hydrogen-bond acceptors (Lipinski definition) is 3. The molecule has 0 bridgehead atoms. The average molecular weight is 269 g/mol. The van der Waals surface area contributed by atoms with Crippen LogP contribution in [0.4, 0.5) is 0 Å². The van der Waals surface area contributed by atoms with Gasteiger partial charge in [-0.25, -0.2) is 0 Å². The van der Waals surface area contributed by atoms with E-state index in [0.29, 0.717) is 12.0 Å². The quantitative estimate of drug-likeness (QED) is 0.778. The average Bonchev–Trinajstić information content (AvgIpc) is 2.75. The zero-order chi connectivity index (χ0) is 14.1. The Balaban J connectivity index is 1.83. The van der Waals surface area contributed by atoms with Gasteiger partial charge in [-0.05, 0) is 29.3 Å². The van der Waals surface area contributed by atoms with Gasteiger partial charge in [-0.3, -0.25) is 4.79 Å². The van der Waals surface area contributed by atoms with Crippen molar-refractivity contribution in [1.82, 2.24) is 5.32 Å². The van der Waals surface area contributed by atoms with Gasteiger partial charge in [-0.2, -0.15) is 0 Å². The molecule has 0 heterocycles. The first-order valence-electron chi connectivity index (χ1n) is 6.51. The van der Waals surface area contributed by atoms with E-state index in [9.17, 15) is 15.0 Å². The van der Waals surface area contributed by atoms with E-state index >= 15 is 0 Å². The van der Waals surface area contributed by atoms with Crippen LogP contribution < -0.4 is 5.32 Å². The second kappa shape index (κ2) is 4.98. The largest absolute Gasteiger partial charge is 0.508 e. The molecule has 0 radical (unpaired) electrons. The summed E-state index contributed by atoms with van der Waals surface area (Å²) in [6.07, 6.45) is -0.0742. The molecule has 0 saturated carbocycles. The van der Waals surface area contributed by atoms with Crippen LogP contribution in [0.15, 0.2) is 48.5 Å². The minimum Gasteiger partial charge on any atom is -0.508 e. The fourth-order valence-electron chi connectivity index (χ4n) is 2.62. The van der Waals surface area contributed by atoms with Gasteiger partial charge in [-0.1, -0.05) is 30.3 Å². The SMILES string of the molecule is O=C(N[C@H]1c2ccccc2C[C@H]1O)c1cccc(O)c1. The van der Waals surface area contributed by atoms with Crippen LogP contribution in [0.1, 0.15) is 27.5 Å². The van der Waals surface area contributed by atoms with Crippen molar-refractivity contribution in [2.75, 3.05) is 0 Å². The molecule has 4 nitrogen and oxygen atoms in total. The predicted octanol–water partition coefficient (Wildman–Crippen LogP) is 1.78. The van der Waals surface area contributed by atoms with Crippen LogP contribution in [0.25, 0.3) is 0 Å². The van der Waals surface area contributed by atoms with Crippen LogP contribution in [0.5, 0.6) is 5.75 Å². The van der Waals surface area contributed by atoms with Crippen molar-refractivity contribution < 1.29 is 15.0 Å². The van der Waals surface area contributed by atoms with E-state index in [1.807, 2.05) is 24.3 Å². The Hall–Kier alpha value is -2.33. The van der Waals surface area contributed by atoms with Crippen molar-refractivity contribution in [3.63, 3.8) is 0 Å². The zero-order valence-electron chi connectivity index (χ0n) is 10.8. The molecular formula is C16H15NO3. The number of nitrogens with one attached hydrogen (secondary N) is 1. The second-order valence-corrected chi connectivity index (χ2v) is 4.97. The van der Waals surface area contributed by atoms with Gasteiger partial charge in [0.25, 0.3) is 5.91 Å². The van der Waals surface area contributed by atoms with Gasteiger partial charge in [0.1, 0.15) is 5.75 Å². The summed E-state index contributed by atoms with van der Waals surface area (Å²) < 4.78 is 0. The molecule has 1 aliphatic rings. The molecule has 20 heavy (non-hydrogen) atoms. The number of phenolic OH excluding ortho intramolecular Hbond substituents is 1. The summed E-state index contributed by atoms with van der Waals surface area (Å²) in [5, 5.41) is 22.3. The monoisotopic (exact) mass is 269 g/mol. The van der Waals surface area contributed by atoms with Crippen LogP contribution in [-0.2, 0) is 6.42 Å². The van der Waals surface area contributed by atoms with Crippen molar-refractivity contribution in [1.29, 1.82) is 0 Å². The number of carbonyl (C=O) groups is 1. The third kappa shape index (κ3) is 2.26. The van der Waals surface area contributed by atoms with Gasteiger partial charge < -0.3 is 15.5 Å². The maximum absolute atomic E-state index is 12.2. The number of amides is 1. The lowest BCUT2D eigenvalue weighted by molar-refractivity contribution is 0.0858. The van der Waals surface area contributed by atoms with Crippen LogP contribution in [0, 0.1) is 0 Å². The van der Waals surface area contributed by atoms with E-state index in [2.05, 4.69) is 5.32 Å². The summed E-state index contributed by atoms with van der Waals surface area (Å²) in [7, 11) is 0. The van der Waals surface area contributed by atoms with E-state index in [0.717, 1.165) is 11.1 Å². The number of hydrogen-bond donors (Lipinski definition) is 3. The van der Waals surface area contributed by atoms with Crippen LogP contribution >= 0.6 is 0 Å². The first kappa shape index (κ1) is 12.7. The minimum atomic E-state index is -0.617. The summed E-state index contributed by atoms with van der Waals surface area (Å²) in [5.41, 5.74) is 2.39. The second-order valence-electron chi connectivity index (χ2n) is 4.97. The number of phenols is 1. The van der Waals surface area contributed by atoms with Crippen LogP contribution in [-0.4, -0.2) is 22.2 Å². The Morgan fingerprint density at radius 2 is 1.95 bits per heavy atom. The molecule has 0 fully saturated rings. The summed E-state index contributed by atoms with van der Waals surface area (Å²) in [5.74, 6) is -0.258. The van der Waals surface area contributed by atoms with Gasteiger partial charge in [0.2, 0.25) is 0 Å². The number of aliphatic hydroxyl groups is 1. The first-order valence-corrected chi connectivity index (χ1v) is 6.51. The lowest BCUT2D eigenvalue weighted by Gasteiger charge is -2.18. The topological polar surface area (TPSA) is 69.6 Å². The van der Waals surface area contributed by atoms with Gasteiger partial charge >= 0.3 is 0 Å². The fourth-order valence-corrected chi connectivity index (χ4v) is 2.62. The molecule has 102 valence electrons. The summed E-state index contributed by atoms with van der Waals surface area (Å²) in [6, 6.07) is 13.4. The highest BCUT2D eigenvalue weighted by Crippen LogP contribution is 2.31. The highest BCUT2D eigenvalue weighted by molar-refractivity contribution is 5.94. The maximum atomic E-state index is 12.2. The number of aromatic hydroxyl groups is 1. The normalized spacial score (nSPS) is 20.4. The molecule has 3 N–H and O–H groups in total. The highest BCUT2D eigenvalue weighted by atomic mass is 16.3. The van der Waals surface area contributed by atoms with Crippen molar-refractivity contribution in [2.45, 2.75) is 18.6 Å². The number of benzene rings is 2. The molecule has 0 saturated heterocycles. The molecular weight excluding hydrogens is 254 g/mol. The lowest BCUT2D eigenvalue weighted by atomic mass is 10.1. The molecule has 2 aromatic carbocycles.